The van der Waals surface area contributed by atoms with Crippen LogP contribution in [0.3, 0.4) is 0 Å². The third kappa shape index (κ3) is 4.66. The zero-order valence-corrected chi connectivity index (χ0v) is 13.2. The molecule has 0 aliphatic carbocycles. The van der Waals surface area contributed by atoms with Crippen LogP contribution >= 0.6 is 0 Å². The van der Waals surface area contributed by atoms with E-state index in [1.54, 1.807) is 6.07 Å². The Morgan fingerprint density at radius 2 is 1.80 bits per heavy atom. The zero-order chi connectivity index (χ0) is 15.2. The van der Waals surface area contributed by atoms with Gasteiger partial charge in [-0.05, 0) is 39.2 Å². The Morgan fingerprint density at radius 3 is 2.35 bits per heavy atom. The van der Waals surface area contributed by atoms with Gasteiger partial charge in [-0.3, -0.25) is 0 Å². The Kier molecular flexibility index (Phi) is 6.25. The van der Waals surface area contributed by atoms with Crippen LogP contribution in [0.1, 0.15) is 6.42 Å². The molecular weight excluding hydrogens is 280 g/mol. The van der Waals surface area contributed by atoms with Gasteiger partial charge in [0.2, 0.25) is 10.0 Å². The molecule has 0 heterocycles. The fourth-order valence-corrected chi connectivity index (χ4v) is 2.76. The fourth-order valence-electron chi connectivity index (χ4n) is 1.67. The van der Waals surface area contributed by atoms with Gasteiger partial charge in [-0.15, -0.1) is 0 Å². The molecule has 7 heteroatoms. The molecule has 0 spiro atoms. The predicted molar refractivity (Wildman–Crippen MR) is 77.9 cm³/mol. The third-order valence-corrected chi connectivity index (χ3v) is 4.20. The molecule has 0 bridgehead atoms. The van der Waals surface area contributed by atoms with Crippen LogP contribution in [0.5, 0.6) is 11.5 Å². The maximum Gasteiger partial charge on any atom is 0.240 e. The van der Waals surface area contributed by atoms with Crippen molar-refractivity contribution in [2.75, 3.05) is 41.4 Å². The van der Waals surface area contributed by atoms with Crippen molar-refractivity contribution in [3.63, 3.8) is 0 Å². The van der Waals surface area contributed by atoms with Crippen LogP contribution in [-0.4, -0.2) is 54.7 Å². The summed E-state index contributed by atoms with van der Waals surface area (Å²) in [5.41, 5.74) is 0. The van der Waals surface area contributed by atoms with E-state index < -0.39 is 10.0 Å². The van der Waals surface area contributed by atoms with Gasteiger partial charge in [-0.1, -0.05) is 0 Å². The molecule has 1 N–H and O–H groups in total. The van der Waals surface area contributed by atoms with E-state index >= 15 is 0 Å². The summed E-state index contributed by atoms with van der Waals surface area (Å²) in [4.78, 5) is 2.17. The quantitative estimate of drug-likeness (QED) is 0.724. The topological polar surface area (TPSA) is 67.9 Å². The zero-order valence-electron chi connectivity index (χ0n) is 12.3. The van der Waals surface area contributed by atoms with E-state index in [-0.39, 0.29) is 4.90 Å². The highest BCUT2D eigenvalue weighted by atomic mass is 32.2. The number of methoxy groups -OCH3 is 2. The van der Waals surface area contributed by atoms with E-state index in [4.69, 9.17) is 9.47 Å². The maximum atomic E-state index is 12.1. The average Bonchev–Trinajstić information content (AvgIpc) is 2.42. The van der Waals surface area contributed by atoms with Gasteiger partial charge in [0.25, 0.3) is 0 Å². The van der Waals surface area contributed by atoms with Crippen LogP contribution in [-0.2, 0) is 10.0 Å². The molecule has 20 heavy (non-hydrogen) atoms. The van der Waals surface area contributed by atoms with Crippen LogP contribution in [0, 0.1) is 0 Å². The molecule has 6 nitrogen and oxygen atoms in total. The molecule has 0 atom stereocenters. The van der Waals surface area contributed by atoms with E-state index in [2.05, 4.69) is 4.72 Å². The van der Waals surface area contributed by atoms with Crippen molar-refractivity contribution >= 4 is 10.0 Å². The maximum absolute atomic E-state index is 12.1. The summed E-state index contributed by atoms with van der Waals surface area (Å²) in [6.07, 6.45) is 0.750. The second-order valence-corrected chi connectivity index (χ2v) is 6.34. The first-order valence-corrected chi connectivity index (χ1v) is 7.75. The number of nitrogens with one attached hydrogen (secondary N) is 1. The standard InChI is InChI=1S/C13H22N2O4S/c1-15(2)9-5-8-14-20(16,17)11-6-7-12(18-3)13(10-11)19-4/h6-7,10,14H,5,8-9H2,1-4H3. The highest BCUT2D eigenvalue weighted by Gasteiger charge is 2.16. The van der Waals surface area contributed by atoms with Gasteiger partial charge in [0.15, 0.2) is 11.5 Å². The van der Waals surface area contributed by atoms with Crippen LogP contribution in [0.15, 0.2) is 23.1 Å². The lowest BCUT2D eigenvalue weighted by Crippen LogP contribution is -2.27. The van der Waals surface area contributed by atoms with Crippen molar-refractivity contribution in [1.29, 1.82) is 0 Å². The van der Waals surface area contributed by atoms with Gasteiger partial charge < -0.3 is 14.4 Å². The summed E-state index contributed by atoms with van der Waals surface area (Å²) in [5, 5.41) is 0. The number of rotatable bonds is 8. The lowest BCUT2D eigenvalue weighted by molar-refractivity contribution is 0.354. The smallest absolute Gasteiger partial charge is 0.240 e. The highest BCUT2D eigenvalue weighted by Crippen LogP contribution is 2.29. The number of hydrogen-bond acceptors (Lipinski definition) is 5. The molecule has 0 fully saturated rings. The minimum Gasteiger partial charge on any atom is -0.493 e. The number of hydrogen-bond donors (Lipinski definition) is 1. The Balaban J connectivity index is 2.77. The Bertz CT molecular complexity index is 529. The Labute approximate surface area is 120 Å². The molecule has 0 unspecified atom stereocenters. The molecule has 114 valence electrons. The molecule has 0 amide bonds. The highest BCUT2D eigenvalue weighted by molar-refractivity contribution is 7.89. The minimum atomic E-state index is -3.52. The number of ether oxygens (including phenoxy) is 2. The average molecular weight is 302 g/mol. The first-order valence-electron chi connectivity index (χ1n) is 6.27. The SMILES string of the molecule is COc1ccc(S(=O)(=O)NCCCN(C)C)cc1OC. The van der Waals surface area contributed by atoms with E-state index in [0.717, 1.165) is 13.0 Å². The van der Waals surface area contributed by atoms with E-state index in [0.29, 0.717) is 18.0 Å². The molecule has 0 aliphatic rings. The second kappa shape index (κ2) is 7.47. The lowest BCUT2D eigenvalue weighted by atomic mass is 10.3. The van der Waals surface area contributed by atoms with Crippen molar-refractivity contribution in [2.45, 2.75) is 11.3 Å². The summed E-state index contributed by atoms with van der Waals surface area (Å²) < 4.78 is 37.0. The summed E-state index contributed by atoms with van der Waals surface area (Å²) in [6, 6.07) is 4.52. The van der Waals surface area contributed by atoms with Gasteiger partial charge >= 0.3 is 0 Å². The first kappa shape index (κ1) is 16.7. The largest absolute Gasteiger partial charge is 0.493 e. The van der Waals surface area contributed by atoms with Crippen molar-refractivity contribution in [3.05, 3.63) is 18.2 Å². The van der Waals surface area contributed by atoms with Crippen LogP contribution in [0.2, 0.25) is 0 Å². The molecule has 1 aromatic carbocycles. The van der Waals surface area contributed by atoms with Gasteiger partial charge in [-0.2, -0.15) is 0 Å². The molecule has 1 rings (SSSR count). The summed E-state index contributed by atoms with van der Waals surface area (Å²) in [5.74, 6) is 0.891. The van der Waals surface area contributed by atoms with Gasteiger partial charge in [-0.25, -0.2) is 13.1 Å². The Morgan fingerprint density at radius 1 is 1.15 bits per heavy atom. The second-order valence-electron chi connectivity index (χ2n) is 4.57. The molecule has 1 aromatic rings. The first-order chi connectivity index (χ1) is 9.40. The summed E-state index contributed by atoms with van der Waals surface area (Å²) in [7, 11) is 3.35. The van der Waals surface area contributed by atoms with Gasteiger partial charge in [0.1, 0.15) is 0 Å². The monoisotopic (exact) mass is 302 g/mol. The number of benzene rings is 1. The molecule has 0 radical (unpaired) electrons. The molecule has 0 aromatic heterocycles. The normalized spacial score (nSPS) is 11.7. The van der Waals surface area contributed by atoms with Crippen LogP contribution < -0.4 is 14.2 Å². The van der Waals surface area contributed by atoms with Gasteiger partial charge in [0.05, 0.1) is 19.1 Å². The lowest BCUT2D eigenvalue weighted by Gasteiger charge is -2.12. The number of sulfonamides is 1. The Hall–Kier alpha value is -1.31. The van der Waals surface area contributed by atoms with Crippen molar-refractivity contribution < 1.29 is 17.9 Å². The third-order valence-electron chi connectivity index (χ3n) is 2.74. The van der Waals surface area contributed by atoms with Crippen LogP contribution in [0.4, 0.5) is 0 Å². The minimum absolute atomic E-state index is 0.167. The summed E-state index contributed by atoms with van der Waals surface area (Å²) >= 11 is 0. The molecule has 0 saturated carbocycles. The fraction of sp³-hybridized carbons (Fsp3) is 0.538. The van der Waals surface area contributed by atoms with Crippen LogP contribution in [0.25, 0.3) is 0 Å². The summed E-state index contributed by atoms with van der Waals surface area (Å²) in [6.45, 7) is 1.23. The molecule has 0 aliphatic heterocycles. The van der Waals surface area contributed by atoms with Gasteiger partial charge in [0, 0.05) is 12.6 Å². The predicted octanol–water partition coefficient (Wildman–Crippen LogP) is 0.934. The molecular formula is C13H22N2O4S. The van der Waals surface area contributed by atoms with Crippen molar-refractivity contribution in [1.82, 2.24) is 9.62 Å². The van der Waals surface area contributed by atoms with E-state index in [9.17, 15) is 8.42 Å². The number of nitrogens with zero attached hydrogens (tertiary/aromatic N) is 1. The molecule has 0 saturated heterocycles. The van der Waals surface area contributed by atoms with E-state index in [1.165, 1.54) is 26.4 Å². The van der Waals surface area contributed by atoms with E-state index in [1.807, 2.05) is 19.0 Å². The van der Waals surface area contributed by atoms with Crippen molar-refractivity contribution in [2.24, 2.45) is 0 Å². The van der Waals surface area contributed by atoms with Crippen molar-refractivity contribution in [3.8, 4) is 11.5 Å².